The molecule has 0 aliphatic heterocycles. The Morgan fingerprint density at radius 2 is 2.21 bits per heavy atom. The van der Waals surface area contributed by atoms with Crippen molar-refractivity contribution in [3.63, 3.8) is 0 Å². The number of rotatable bonds is 1. The van der Waals surface area contributed by atoms with Crippen LogP contribution in [-0.4, -0.2) is 18.2 Å². The minimum Gasteiger partial charge on any atom is -0.505 e. The van der Waals surface area contributed by atoms with E-state index in [0.29, 0.717) is 0 Å². The summed E-state index contributed by atoms with van der Waals surface area (Å²) in [5.41, 5.74) is 5.20. The fourth-order valence-corrected chi connectivity index (χ4v) is 1.10. The standard InChI is InChI=1S/C9H10FNO3/c1-4-3-5(11)6(9(13)14-2)7(10)8(4)12/h3,12H,11H2,1-2H3. The van der Waals surface area contributed by atoms with Gasteiger partial charge in [-0.3, -0.25) is 0 Å². The third-order valence-electron chi connectivity index (χ3n) is 1.85. The molecule has 14 heavy (non-hydrogen) atoms. The molecular formula is C9H10FNO3. The zero-order valence-corrected chi connectivity index (χ0v) is 7.80. The molecule has 1 aromatic carbocycles. The molecule has 0 bridgehead atoms. The Morgan fingerprint density at radius 1 is 1.64 bits per heavy atom. The lowest BCUT2D eigenvalue weighted by molar-refractivity contribution is 0.0596. The summed E-state index contributed by atoms with van der Waals surface area (Å²) in [7, 11) is 1.11. The van der Waals surface area contributed by atoms with Gasteiger partial charge in [0.2, 0.25) is 0 Å². The number of halogens is 1. The van der Waals surface area contributed by atoms with Crippen molar-refractivity contribution in [2.45, 2.75) is 6.92 Å². The van der Waals surface area contributed by atoms with Gasteiger partial charge in [0.05, 0.1) is 7.11 Å². The Bertz CT molecular complexity index is 390. The number of methoxy groups -OCH3 is 1. The van der Waals surface area contributed by atoms with E-state index in [1.807, 2.05) is 0 Å². The van der Waals surface area contributed by atoms with Gasteiger partial charge in [-0.1, -0.05) is 0 Å². The number of nitrogens with two attached hydrogens (primary N) is 1. The van der Waals surface area contributed by atoms with Gasteiger partial charge in [-0.05, 0) is 18.6 Å². The number of anilines is 1. The molecule has 0 heterocycles. The molecule has 3 N–H and O–H groups in total. The van der Waals surface area contributed by atoms with Crippen molar-refractivity contribution in [2.24, 2.45) is 0 Å². The Kier molecular flexibility index (Phi) is 2.60. The van der Waals surface area contributed by atoms with Crippen LogP contribution >= 0.6 is 0 Å². The second-order valence-electron chi connectivity index (χ2n) is 2.81. The van der Waals surface area contributed by atoms with Gasteiger partial charge in [0.25, 0.3) is 0 Å². The van der Waals surface area contributed by atoms with E-state index in [0.717, 1.165) is 7.11 Å². The largest absolute Gasteiger partial charge is 0.505 e. The Labute approximate surface area is 80.1 Å². The molecule has 0 saturated carbocycles. The van der Waals surface area contributed by atoms with Crippen LogP contribution in [0.15, 0.2) is 6.07 Å². The fourth-order valence-electron chi connectivity index (χ4n) is 1.10. The van der Waals surface area contributed by atoms with E-state index in [1.54, 1.807) is 0 Å². The molecule has 0 amide bonds. The van der Waals surface area contributed by atoms with E-state index in [4.69, 9.17) is 5.73 Å². The van der Waals surface area contributed by atoms with Crippen LogP contribution in [0.4, 0.5) is 10.1 Å². The van der Waals surface area contributed by atoms with Crippen LogP contribution < -0.4 is 5.73 Å². The van der Waals surface area contributed by atoms with Gasteiger partial charge in [-0.2, -0.15) is 0 Å². The average Bonchev–Trinajstić information content (AvgIpc) is 2.14. The molecule has 0 fully saturated rings. The molecular weight excluding hydrogens is 189 g/mol. The predicted molar refractivity (Wildman–Crippen MR) is 48.6 cm³/mol. The highest BCUT2D eigenvalue weighted by Gasteiger charge is 2.20. The Balaban J connectivity index is 3.44. The number of carbonyl (C=O) groups is 1. The summed E-state index contributed by atoms with van der Waals surface area (Å²) in [6.45, 7) is 1.48. The number of hydrogen-bond donors (Lipinski definition) is 2. The normalized spacial score (nSPS) is 9.93. The molecule has 1 rings (SSSR count). The van der Waals surface area contributed by atoms with E-state index in [-0.39, 0.29) is 11.3 Å². The topological polar surface area (TPSA) is 72.5 Å². The number of phenolic OH excluding ortho intramolecular Hbond substituents is 1. The van der Waals surface area contributed by atoms with Crippen LogP contribution in [0.5, 0.6) is 5.75 Å². The zero-order valence-electron chi connectivity index (χ0n) is 7.80. The molecule has 0 saturated heterocycles. The first-order valence-electron chi connectivity index (χ1n) is 3.85. The van der Waals surface area contributed by atoms with Crippen LogP contribution in [0.3, 0.4) is 0 Å². The Hall–Kier alpha value is -1.78. The number of hydrogen-bond acceptors (Lipinski definition) is 4. The monoisotopic (exact) mass is 199 g/mol. The maximum Gasteiger partial charge on any atom is 0.343 e. The summed E-state index contributed by atoms with van der Waals surface area (Å²) >= 11 is 0. The maximum atomic E-state index is 13.3. The van der Waals surface area contributed by atoms with Crippen LogP contribution in [-0.2, 0) is 4.74 Å². The SMILES string of the molecule is COC(=O)c1c(N)cc(C)c(O)c1F. The molecule has 0 aliphatic carbocycles. The first-order chi connectivity index (χ1) is 6.49. The van der Waals surface area contributed by atoms with E-state index in [9.17, 15) is 14.3 Å². The van der Waals surface area contributed by atoms with Crippen molar-refractivity contribution < 1.29 is 19.0 Å². The summed E-state index contributed by atoms with van der Waals surface area (Å²) in [4.78, 5) is 11.1. The van der Waals surface area contributed by atoms with Gasteiger partial charge >= 0.3 is 5.97 Å². The van der Waals surface area contributed by atoms with E-state index >= 15 is 0 Å². The van der Waals surface area contributed by atoms with Crippen LogP contribution in [0, 0.1) is 12.7 Å². The molecule has 0 spiro atoms. The predicted octanol–water partition coefficient (Wildman–Crippen LogP) is 1.21. The third kappa shape index (κ3) is 1.48. The van der Waals surface area contributed by atoms with Crippen LogP contribution in [0.25, 0.3) is 0 Å². The number of phenols is 1. The highest BCUT2D eigenvalue weighted by Crippen LogP contribution is 2.28. The lowest BCUT2D eigenvalue weighted by atomic mass is 10.1. The van der Waals surface area contributed by atoms with E-state index in [2.05, 4.69) is 4.74 Å². The third-order valence-corrected chi connectivity index (χ3v) is 1.85. The number of benzene rings is 1. The number of aromatic hydroxyl groups is 1. The lowest BCUT2D eigenvalue weighted by Gasteiger charge is -2.08. The number of aryl methyl sites for hydroxylation is 1. The molecule has 0 aromatic heterocycles. The highest BCUT2D eigenvalue weighted by atomic mass is 19.1. The smallest absolute Gasteiger partial charge is 0.343 e. The second kappa shape index (κ2) is 3.53. The Morgan fingerprint density at radius 3 is 2.71 bits per heavy atom. The van der Waals surface area contributed by atoms with Crippen LogP contribution in [0.1, 0.15) is 15.9 Å². The van der Waals surface area contributed by atoms with Gasteiger partial charge in [0, 0.05) is 5.69 Å². The zero-order chi connectivity index (χ0) is 10.9. The van der Waals surface area contributed by atoms with Crippen molar-refractivity contribution in [1.29, 1.82) is 0 Å². The van der Waals surface area contributed by atoms with E-state index in [1.165, 1.54) is 13.0 Å². The van der Waals surface area contributed by atoms with Gasteiger partial charge in [-0.15, -0.1) is 0 Å². The minimum absolute atomic E-state index is 0.0512. The average molecular weight is 199 g/mol. The second-order valence-corrected chi connectivity index (χ2v) is 2.81. The van der Waals surface area contributed by atoms with Gasteiger partial charge in [0.1, 0.15) is 5.56 Å². The summed E-state index contributed by atoms with van der Waals surface area (Å²) in [6.07, 6.45) is 0. The van der Waals surface area contributed by atoms with Gasteiger partial charge < -0.3 is 15.6 Å². The molecule has 5 heteroatoms. The van der Waals surface area contributed by atoms with Gasteiger partial charge in [-0.25, -0.2) is 9.18 Å². The molecule has 4 nitrogen and oxygen atoms in total. The summed E-state index contributed by atoms with van der Waals surface area (Å²) < 4.78 is 17.7. The maximum absolute atomic E-state index is 13.3. The number of nitrogen functional groups attached to an aromatic ring is 1. The lowest BCUT2D eigenvalue weighted by Crippen LogP contribution is -2.09. The highest BCUT2D eigenvalue weighted by molar-refractivity contribution is 5.96. The summed E-state index contributed by atoms with van der Waals surface area (Å²) in [5.74, 6) is -2.54. The van der Waals surface area contributed by atoms with E-state index < -0.39 is 23.1 Å². The number of carbonyl (C=O) groups excluding carboxylic acids is 1. The number of esters is 1. The van der Waals surface area contributed by atoms with Crippen LogP contribution in [0.2, 0.25) is 0 Å². The molecule has 0 aliphatic rings. The fraction of sp³-hybridized carbons (Fsp3) is 0.222. The molecule has 1 aromatic rings. The van der Waals surface area contributed by atoms with Gasteiger partial charge in [0.15, 0.2) is 11.6 Å². The first-order valence-corrected chi connectivity index (χ1v) is 3.85. The summed E-state index contributed by atoms with van der Waals surface area (Å²) in [5, 5.41) is 9.22. The first kappa shape index (κ1) is 10.3. The summed E-state index contributed by atoms with van der Waals surface area (Å²) in [6, 6.07) is 1.31. The quantitative estimate of drug-likeness (QED) is 0.405. The molecule has 0 unspecified atom stereocenters. The van der Waals surface area contributed by atoms with Crippen molar-refractivity contribution in [2.75, 3.05) is 12.8 Å². The van der Waals surface area contributed by atoms with Crippen molar-refractivity contribution in [1.82, 2.24) is 0 Å². The molecule has 0 atom stereocenters. The molecule has 76 valence electrons. The van der Waals surface area contributed by atoms with Crippen molar-refractivity contribution in [3.05, 3.63) is 23.0 Å². The van der Waals surface area contributed by atoms with Crippen molar-refractivity contribution >= 4 is 11.7 Å². The number of ether oxygens (including phenoxy) is 1. The minimum atomic E-state index is -1.05. The molecule has 0 radical (unpaired) electrons. The van der Waals surface area contributed by atoms with Crippen molar-refractivity contribution in [3.8, 4) is 5.75 Å².